The number of carbonyl (C=O) groups excluding carboxylic acids is 2. The number of hydrogen-bond acceptors (Lipinski definition) is 8. The standard InChI is InChI=1S/C19H17NO8.CH4/c21-10-12-7-11(1-3-14(12)22)2-4-18(23)28-15-9-17-16(26-5-6-27-17)8-13(15)19(24)20-25;/h1-4,7-9,21-22,25H,5-6,10H2,(H,20,24);1H4/b4-2+;. The van der Waals surface area contributed by atoms with Crippen LogP contribution in [0.1, 0.15) is 28.9 Å². The summed E-state index contributed by atoms with van der Waals surface area (Å²) >= 11 is 0. The fourth-order valence-corrected chi connectivity index (χ4v) is 2.53. The first kappa shape index (κ1) is 21.7. The second kappa shape index (κ2) is 9.58. The van der Waals surface area contributed by atoms with Gasteiger partial charge in [0.25, 0.3) is 5.91 Å². The molecule has 1 heterocycles. The van der Waals surface area contributed by atoms with Gasteiger partial charge in [-0.25, -0.2) is 10.3 Å². The van der Waals surface area contributed by atoms with Gasteiger partial charge in [0.2, 0.25) is 0 Å². The summed E-state index contributed by atoms with van der Waals surface area (Å²) < 4.78 is 16.0. The van der Waals surface area contributed by atoms with E-state index >= 15 is 0 Å². The smallest absolute Gasteiger partial charge is 0.336 e. The SMILES string of the molecule is C.O=C(/C=C/c1ccc(O)c(CO)c1)Oc1cc2c(cc1C(=O)NO)OCCO2. The highest BCUT2D eigenvalue weighted by molar-refractivity contribution is 5.98. The first-order valence-corrected chi connectivity index (χ1v) is 8.22. The number of rotatable bonds is 5. The third-order valence-corrected chi connectivity index (χ3v) is 3.89. The Morgan fingerprint density at radius 3 is 2.48 bits per heavy atom. The molecule has 1 amide bonds. The summed E-state index contributed by atoms with van der Waals surface area (Å²) in [5.41, 5.74) is 2.23. The summed E-state index contributed by atoms with van der Waals surface area (Å²) in [7, 11) is 0. The van der Waals surface area contributed by atoms with Crippen LogP contribution in [-0.4, -0.2) is 40.5 Å². The topological polar surface area (TPSA) is 135 Å². The number of aliphatic hydroxyl groups excluding tert-OH is 1. The molecule has 3 rings (SSSR count). The van der Waals surface area contributed by atoms with Crippen LogP contribution >= 0.6 is 0 Å². The Hall–Kier alpha value is -3.56. The molecule has 1 aliphatic heterocycles. The number of nitrogens with one attached hydrogen (secondary N) is 1. The van der Waals surface area contributed by atoms with Crippen molar-refractivity contribution in [1.29, 1.82) is 0 Å². The molecule has 2 aromatic carbocycles. The number of ether oxygens (including phenoxy) is 3. The van der Waals surface area contributed by atoms with E-state index in [0.717, 1.165) is 6.08 Å². The molecule has 154 valence electrons. The minimum absolute atomic E-state index is 0. The molecule has 29 heavy (non-hydrogen) atoms. The molecule has 0 atom stereocenters. The Bertz CT molecular complexity index is 938. The van der Waals surface area contributed by atoms with Crippen molar-refractivity contribution in [3.05, 3.63) is 53.1 Å². The largest absolute Gasteiger partial charge is 0.508 e. The van der Waals surface area contributed by atoms with Gasteiger partial charge in [0.15, 0.2) is 11.5 Å². The van der Waals surface area contributed by atoms with E-state index < -0.39 is 11.9 Å². The van der Waals surface area contributed by atoms with Gasteiger partial charge < -0.3 is 24.4 Å². The van der Waals surface area contributed by atoms with Crippen molar-refractivity contribution in [2.24, 2.45) is 0 Å². The number of hydrogen-bond donors (Lipinski definition) is 4. The van der Waals surface area contributed by atoms with E-state index in [4.69, 9.17) is 24.5 Å². The average Bonchev–Trinajstić information content (AvgIpc) is 2.72. The third-order valence-electron chi connectivity index (χ3n) is 3.89. The zero-order chi connectivity index (χ0) is 20.1. The van der Waals surface area contributed by atoms with Crippen LogP contribution in [0.2, 0.25) is 0 Å². The number of aliphatic hydroxyl groups is 1. The lowest BCUT2D eigenvalue weighted by molar-refractivity contribution is -0.128. The zero-order valence-corrected chi connectivity index (χ0v) is 14.5. The van der Waals surface area contributed by atoms with E-state index in [-0.39, 0.29) is 31.1 Å². The minimum atomic E-state index is -0.880. The van der Waals surface area contributed by atoms with Gasteiger partial charge in [-0.05, 0) is 23.8 Å². The molecule has 0 saturated carbocycles. The number of fused-ring (bicyclic) bond motifs is 1. The Morgan fingerprint density at radius 2 is 1.83 bits per heavy atom. The molecule has 0 unspecified atom stereocenters. The quantitative estimate of drug-likeness (QED) is 0.196. The van der Waals surface area contributed by atoms with Gasteiger partial charge in [-0.3, -0.25) is 10.0 Å². The monoisotopic (exact) mass is 403 g/mol. The highest BCUT2D eigenvalue weighted by Gasteiger charge is 2.22. The third kappa shape index (κ3) is 5.03. The number of benzene rings is 2. The second-order valence-electron chi connectivity index (χ2n) is 5.73. The summed E-state index contributed by atoms with van der Waals surface area (Å²) in [5.74, 6) is -1.25. The minimum Gasteiger partial charge on any atom is -0.508 e. The summed E-state index contributed by atoms with van der Waals surface area (Å²) in [6.45, 7) is 0.256. The molecular formula is C20H21NO8. The Kier molecular flexibility index (Phi) is 7.18. The van der Waals surface area contributed by atoms with Gasteiger partial charge in [0.05, 0.1) is 12.2 Å². The average molecular weight is 403 g/mol. The molecule has 9 nitrogen and oxygen atoms in total. The lowest BCUT2D eigenvalue weighted by Crippen LogP contribution is -2.22. The van der Waals surface area contributed by atoms with Crippen LogP contribution in [0.15, 0.2) is 36.4 Å². The maximum Gasteiger partial charge on any atom is 0.336 e. The van der Waals surface area contributed by atoms with Crippen molar-refractivity contribution >= 4 is 18.0 Å². The normalized spacial score (nSPS) is 12.2. The molecular weight excluding hydrogens is 382 g/mol. The predicted molar refractivity (Wildman–Crippen MR) is 102 cm³/mol. The van der Waals surface area contributed by atoms with Crippen LogP contribution in [0.3, 0.4) is 0 Å². The van der Waals surface area contributed by atoms with Crippen molar-refractivity contribution in [1.82, 2.24) is 5.48 Å². The van der Waals surface area contributed by atoms with Crippen molar-refractivity contribution in [2.75, 3.05) is 13.2 Å². The number of esters is 1. The van der Waals surface area contributed by atoms with Crippen molar-refractivity contribution in [3.8, 4) is 23.0 Å². The van der Waals surface area contributed by atoms with E-state index in [1.807, 2.05) is 0 Å². The highest BCUT2D eigenvalue weighted by Crippen LogP contribution is 2.37. The molecule has 2 aromatic rings. The maximum atomic E-state index is 12.2. The van der Waals surface area contributed by atoms with E-state index in [1.54, 1.807) is 6.07 Å². The molecule has 0 aliphatic carbocycles. The van der Waals surface area contributed by atoms with E-state index in [0.29, 0.717) is 35.8 Å². The summed E-state index contributed by atoms with van der Waals surface area (Å²) in [4.78, 5) is 24.0. The van der Waals surface area contributed by atoms with Crippen LogP contribution in [0.5, 0.6) is 23.0 Å². The molecule has 4 N–H and O–H groups in total. The van der Waals surface area contributed by atoms with Gasteiger partial charge in [-0.1, -0.05) is 13.5 Å². The van der Waals surface area contributed by atoms with Gasteiger partial charge in [-0.15, -0.1) is 0 Å². The van der Waals surface area contributed by atoms with Gasteiger partial charge in [-0.2, -0.15) is 0 Å². The lowest BCUT2D eigenvalue weighted by atomic mass is 10.1. The number of aromatic hydroxyl groups is 1. The van der Waals surface area contributed by atoms with E-state index in [2.05, 4.69) is 0 Å². The van der Waals surface area contributed by atoms with Crippen molar-refractivity contribution in [3.63, 3.8) is 0 Å². The Morgan fingerprint density at radius 1 is 1.14 bits per heavy atom. The molecule has 0 aromatic heterocycles. The van der Waals surface area contributed by atoms with Crippen LogP contribution in [0.4, 0.5) is 0 Å². The number of amides is 1. The fourth-order valence-electron chi connectivity index (χ4n) is 2.53. The van der Waals surface area contributed by atoms with Gasteiger partial charge in [0, 0.05) is 23.8 Å². The number of phenols is 1. The fraction of sp³-hybridized carbons (Fsp3) is 0.200. The molecule has 0 fully saturated rings. The zero-order valence-electron chi connectivity index (χ0n) is 14.5. The van der Waals surface area contributed by atoms with E-state index in [9.17, 15) is 14.7 Å². The second-order valence-corrected chi connectivity index (χ2v) is 5.73. The predicted octanol–water partition coefficient (Wildman–Crippen LogP) is 2.03. The maximum absolute atomic E-state index is 12.2. The number of hydroxylamine groups is 1. The Labute approximate surface area is 166 Å². The van der Waals surface area contributed by atoms with Crippen LogP contribution in [0, 0.1) is 0 Å². The van der Waals surface area contributed by atoms with E-state index in [1.165, 1.54) is 35.8 Å². The molecule has 0 bridgehead atoms. The first-order valence-electron chi connectivity index (χ1n) is 8.22. The van der Waals surface area contributed by atoms with Crippen LogP contribution in [0.25, 0.3) is 6.08 Å². The van der Waals surface area contributed by atoms with Crippen LogP contribution < -0.4 is 19.7 Å². The summed E-state index contributed by atoms with van der Waals surface area (Å²) in [5, 5.41) is 27.6. The summed E-state index contributed by atoms with van der Waals surface area (Å²) in [6.07, 6.45) is 2.54. The molecule has 0 saturated heterocycles. The van der Waals surface area contributed by atoms with Gasteiger partial charge in [0.1, 0.15) is 24.7 Å². The first-order chi connectivity index (χ1) is 13.5. The number of carbonyl (C=O) groups is 2. The molecule has 9 heteroatoms. The lowest BCUT2D eigenvalue weighted by Gasteiger charge is -2.20. The highest BCUT2D eigenvalue weighted by atomic mass is 16.6. The summed E-state index contributed by atoms with van der Waals surface area (Å²) in [6, 6.07) is 7.08. The van der Waals surface area contributed by atoms with Gasteiger partial charge >= 0.3 is 5.97 Å². The Balaban J connectivity index is 0.00000300. The molecule has 0 radical (unpaired) electrons. The molecule has 0 spiro atoms. The van der Waals surface area contributed by atoms with Crippen LogP contribution in [-0.2, 0) is 11.4 Å². The van der Waals surface area contributed by atoms with Crippen molar-refractivity contribution < 1.29 is 39.2 Å². The van der Waals surface area contributed by atoms with Crippen molar-refractivity contribution in [2.45, 2.75) is 14.0 Å². The molecule has 1 aliphatic rings.